The molecule has 37 valence electrons. The SMILES string of the molecule is [SiH4].[c]1ccccc1. The molecule has 0 fully saturated rings. The standard InChI is InChI=1S/C6H5.H4Si/c1-2-4-6-5-3-1;/h1-5H;1H4. The van der Waals surface area contributed by atoms with Crippen LogP contribution in [0.4, 0.5) is 0 Å². The second-order valence-electron chi connectivity index (χ2n) is 1.08. The van der Waals surface area contributed by atoms with Gasteiger partial charge in [0.05, 0.1) is 0 Å². The maximum Gasteiger partial charge on any atom is -0.0149 e. The van der Waals surface area contributed by atoms with Crippen LogP contribution in [0.1, 0.15) is 0 Å². The van der Waals surface area contributed by atoms with Crippen molar-refractivity contribution < 1.29 is 0 Å². The molecule has 0 nitrogen and oxygen atoms in total. The molecule has 0 aliphatic carbocycles. The van der Waals surface area contributed by atoms with E-state index < -0.39 is 0 Å². The molecule has 0 unspecified atom stereocenters. The van der Waals surface area contributed by atoms with E-state index in [-0.39, 0.29) is 11.0 Å². The van der Waals surface area contributed by atoms with Gasteiger partial charge < -0.3 is 0 Å². The van der Waals surface area contributed by atoms with Crippen LogP contribution in [-0.2, 0) is 0 Å². The van der Waals surface area contributed by atoms with E-state index in [0.29, 0.717) is 0 Å². The van der Waals surface area contributed by atoms with Gasteiger partial charge in [-0.2, -0.15) is 0 Å². The van der Waals surface area contributed by atoms with Crippen molar-refractivity contribution in [2.75, 3.05) is 0 Å². The van der Waals surface area contributed by atoms with E-state index in [4.69, 9.17) is 0 Å². The molecule has 0 bridgehead atoms. The normalized spacial score (nSPS) is 6.86. The summed E-state index contributed by atoms with van der Waals surface area (Å²) in [6.45, 7) is 0. The van der Waals surface area contributed by atoms with Crippen molar-refractivity contribution in [3.05, 3.63) is 36.4 Å². The van der Waals surface area contributed by atoms with E-state index in [0.717, 1.165) is 0 Å². The van der Waals surface area contributed by atoms with E-state index in [1.807, 2.05) is 30.3 Å². The van der Waals surface area contributed by atoms with Gasteiger partial charge in [-0.3, -0.25) is 0 Å². The summed E-state index contributed by atoms with van der Waals surface area (Å²) in [5, 5.41) is 0. The van der Waals surface area contributed by atoms with E-state index in [1.165, 1.54) is 0 Å². The van der Waals surface area contributed by atoms with Gasteiger partial charge in [-0.15, -0.1) is 0 Å². The van der Waals surface area contributed by atoms with Gasteiger partial charge >= 0.3 is 0 Å². The van der Waals surface area contributed by atoms with Crippen LogP contribution in [0.2, 0.25) is 0 Å². The number of hydrogen-bond acceptors (Lipinski definition) is 0. The van der Waals surface area contributed by atoms with Crippen LogP contribution in [0, 0.1) is 6.07 Å². The monoisotopic (exact) mass is 109 g/mol. The van der Waals surface area contributed by atoms with Crippen LogP contribution in [0.5, 0.6) is 0 Å². The molecule has 1 aromatic carbocycles. The molecule has 1 radical (unpaired) electrons. The molecule has 0 heterocycles. The largest absolute Gasteiger partial charge is 0.0622 e. The Morgan fingerprint density at radius 2 is 1.43 bits per heavy atom. The fraction of sp³-hybridized carbons (Fsp3) is 0. The highest BCUT2D eigenvalue weighted by atomic mass is 28.1. The van der Waals surface area contributed by atoms with Gasteiger partial charge in [-0.05, 0) is 17.0 Å². The molecule has 0 aromatic heterocycles. The van der Waals surface area contributed by atoms with Crippen LogP contribution in [0.25, 0.3) is 0 Å². The molecule has 0 atom stereocenters. The summed E-state index contributed by atoms with van der Waals surface area (Å²) in [4.78, 5) is 0. The van der Waals surface area contributed by atoms with Gasteiger partial charge in [0.2, 0.25) is 0 Å². The lowest BCUT2D eigenvalue weighted by atomic mass is 10.4. The smallest absolute Gasteiger partial charge is 0.0149 e. The first kappa shape index (κ1) is 6.44. The van der Waals surface area contributed by atoms with E-state index in [2.05, 4.69) is 6.07 Å². The minimum Gasteiger partial charge on any atom is -0.0622 e. The molecular formula is C6H9Si. The number of hydrogen-bond donors (Lipinski definition) is 0. The third kappa shape index (κ3) is 2.17. The quantitative estimate of drug-likeness (QED) is 0.412. The van der Waals surface area contributed by atoms with Crippen LogP contribution >= 0.6 is 0 Å². The molecule has 1 rings (SSSR count). The Labute approximate surface area is 48.2 Å². The lowest BCUT2D eigenvalue weighted by molar-refractivity contribution is 1.70. The molecule has 0 saturated heterocycles. The van der Waals surface area contributed by atoms with Gasteiger partial charge in [0.15, 0.2) is 0 Å². The molecule has 1 heteroatoms. The average Bonchev–Trinajstić information content (AvgIpc) is 1.72. The Bertz CT molecular complexity index is 76.1. The third-order valence-corrected chi connectivity index (χ3v) is 0.607. The highest BCUT2D eigenvalue weighted by molar-refractivity contribution is 5.75. The van der Waals surface area contributed by atoms with Crippen molar-refractivity contribution in [3.8, 4) is 0 Å². The fourth-order valence-corrected chi connectivity index (χ4v) is 0.342. The Balaban J connectivity index is 0.000000360. The maximum absolute atomic E-state index is 2.89. The molecule has 0 amide bonds. The molecule has 1 aromatic rings. The zero-order valence-electron chi connectivity index (χ0n) is 3.39. The van der Waals surface area contributed by atoms with Gasteiger partial charge in [-0.1, -0.05) is 30.3 Å². The summed E-state index contributed by atoms with van der Waals surface area (Å²) >= 11 is 0. The van der Waals surface area contributed by atoms with Crippen LogP contribution in [0.3, 0.4) is 0 Å². The fourth-order valence-electron chi connectivity index (χ4n) is 0.342. The summed E-state index contributed by atoms with van der Waals surface area (Å²) in [6, 6.07) is 12.5. The maximum atomic E-state index is 2.89. The van der Waals surface area contributed by atoms with Gasteiger partial charge in [0.25, 0.3) is 0 Å². The predicted molar refractivity (Wildman–Crippen MR) is 36.6 cm³/mol. The molecule has 0 aliphatic rings. The molecule has 0 saturated carbocycles. The van der Waals surface area contributed by atoms with Crippen molar-refractivity contribution in [3.63, 3.8) is 0 Å². The van der Waals surface area contributed by atoms with E-state index in [1.54, 1.807) is 0 Å². The highest BCUT2D eigenvalue weighted by Crippen LogP contribution is 1.78. The van der Waals surface area contributed by atoms with E-state index >= 15 is 0 Å². The zero-order valence-corrected chi connectivity index (χ0v) is 3.39. The summed E-state index contributed by atoms with van der Waals surface area (Å²) in [5.74, 6) is 0. The van der Waals surface area contributed by atoms with Crippen LogP contribution in [-0.4, -0.2) is 11.0 Å². The summed E-state index contributed by atoms with van der Waals surface area (Å²) in [7, 11) is 0. The van der Waals surface area contributed by atoms with Gasteiger partial charge in [0.1, 0.15) is 0 Å². The topological polar surface area (TPSA) is 0 Å². The molecular weight excluding hydrogens is 100 g/mol. The second kappa shape index (κ2) is 3.62. The van der Waals surface area contributed by atoms with Crippen molar-refractivity contribution in [1.29, 1.82) is 0 Å². The number of rotatable bonds is 0. The van der Waals surface area contributed by atoms with Gasteiger partial charge in [0, 0.05) is 0 Å². The van der Waals surface area contributed by atoms with Crippen molar-refractivity contribution >= 4 is 11.0 Å². The first-order valence-electron chi connectivity index (χ1n) is 1.91. The summed E-state index contributed by atoms with van der Waals surface area (Å²) in [6.07, 6.45) is 0. The van der Waals surface area contributed by atoms with E-state index in [9.17, 15) is 0 Å². The van der Waals surface area contributed by atoms with Crippen molar-refractivity contribution in [2.24, 2.45) is 0 Å². The Morgan fingerprint density at radius 1 is 0.857 bits per heavy atom. The average molecular weight is 109 g/mol. The molecule has 7 heavy (non-hydrogen) atoms. The Morgan fingerprint density at radius 3 is 1.57 bits per heavy atom. The lowest BCUT2D eigenvalue weighted by Crippen LogP contribution is -1.49. The minimum atomic E-state index is 0. The molecule has 0 spiro atoms. The van der Waals surface area contributed by atoms with Gasteiger partial charge in [-0.25, -0.2) is 0 Å². The van der Waals surface area contributed by atoms with Crippen LogP contribution < -0.4 is 0 Å². The lowest BCUT2D eigenvalue weighted by Gasteiger charge is -1.68. The summed E-state index contributed by atoms with van der Waals surface area (Å²) in [5.41, 5.74) is 0. The molecule has 0 aliphatic heterocycles. The van der Waals surface area contributed by atoms with Crippen molar-refractivity contribution in [2.45, 2.75) is 0 Å². The third-order valence-electron chi connectivity index (χ3n) is 0.607. The first-order chi connectivity index (χ1) is 3.00. The minimum absolute atomic E-state index is 0. The zero-order chi connectivity index (χ0) is 4.24. The highest BCUT2D eigenvalue weighted by Gasteiger charge is 1.58. The Kier molecular flexibility index (Phi) is 3.33. The predicted octanol–water partition coefficient (Wildman–Crippen LogP) is 0.0352. The summed E-state index contributed by atoms with van der Waals surface area (Å²) < 4.78 is 0. The molecule has 0 N–H and O–H groups in total. The second-order valence-corrected chi connectivity index (χ2v) is 1.08. The van der Waals surface area contributed by atoms with Crippen molar-refractivity contribution in [1.82, 2.24) is 0 Å². The first-order valence-corrected chi connectivity index (χ1v) is 1.91. The number of benzene rings is 1. The van der Waals surface area contributed by atoms with Crippen LogP contribution in [0.15, 0.2) is 30.3 Å². The Hall–Kier alpha value is -0.563.